The van der Waals surface area contributed by atoms with Crippen LogP contribution < -0.4 is 12.3 Å². The molecule has 0 radical (unpaired) electrons. The van der Waals surface area contributed by atoms with Gasteiger partial charge in [0, 0.05) is 0 Å². The van der Waals surface area contributed by atoms with Gasteiger partial charge >= 0.3 is 112 Å². The minimum Gasteiger partial charge on any atom is 1.00 e. The topological polar surface area (TPSA) is 86.2 Å². The molecule has 0 spiro atoms. The zero-order chi connectivity index (χ0) is 4.50. The summed E-state index contributed by atoms with van der Waals surface area (Å²) in [5.41, 5.74) is 0. The van der Waals surface area contributed by atoms with Gasteiger partial charge in [-0.2, -0.15) is 0 Å². The Hall–Kier alpha value is 3.00. The summed E-state index contributed by atoms with van der Waals surface area (Å²) in [7, 11) is 0. The molecule has 0 atom stereocenters. The van der Waals surface area contributed by atoms with Crippen LogP contribution in [-0.2, 0) is 3.74 Å². The largest absolute Gasteiger partial charge is 1.00 e. The van der Waals surface area contributed by atoms with E-state index in [0.717, 1.165) is 0 Å². The van der Waals surface area contributed by atoms with Gasteiger partial charge in [0.15, 0.2) is 0 Å². The molecule has 0 bridgehead atoms. The maximum Gasteiger partial charge on any atom is 1.00 e. The van der Waals surface area contributed by atoms with Gasteiger partial charge < -0.3 is 0 Å². The average molecular weight is 752 g/mol. The predicted octanol–water partition coefficient (Wildman–Crippen LogP) is -5.21. The third-order valence-electron chi connectivity index (χ3n) is 0. The summed E-state index contributed by atoms with van der Waals surface area (Å²) < 4.78 is 34.4. The minimum absolute atomic E-state index is 0. The first-order chi connectivity index (χ1) is 2.00. The molecule has 0 saturated carbocycles. The molecule has 8 heavy (non-hydrogen) atoms. The van der Waals surface area contributed by atoms with Crippen LogP contribution in [0.3, 0.4) is 0 Å². The van der Waals surface area contributed by atoms with E-state index in [4.69, 9.17) is 16.0 Å². The van der Waals surface area contributed by atoms with E-state index in [0.29, 0.717) is 0 Å². The van der Waals surface area contributed by atoms with Crippen molar-refractivity contribution in [1.29, 1.82) is 0 Å². The number of rotatable bonds is 0. The fourth-order valence-corrected chi connectivity index (χ4v) is 0. The summed E-state index contributed by atoms with van der Waals surface area (Å²) in [6.45, 7) is 0. The second-order valence-corrected chi connectivity index (χ2v) is 2.32. The van der Waals surface area contributed by atoms with Crippen LogP contribution in [0.1, 0.15) is 0 Å². The van der Waals surface area contributed by atoms with Crippen molar-refractivity contribution >= 4 is 96.4 Å². The molecule has 8 heteroatoms. The zero-order valence-electron chi connectivity index (χ0n) is 3.81. The van der Waals surface area contributed by atoms with Gasteiger partial charge in [0.1, 0.15) is 0 Å². The summed E-state index contributed by atoms with van der Waals surface area (Å²) in [6.07, 6.45) is 0. The molecule has 0 rings (SSSR count). The Morgan fingerprint density at radius 3 is 0.875 bits per heavy atom. The van der Waals surface area contributed by atoms with Gasteiger partial charge in [0.05, 0.1) is 0 Å². The van der Waals surface area contributed by atoms with Gasteiger partial charge in [0.25, 0.3) is 0 Å². The minimum atomic E-state index is -5.88. The van der Waals surface area contributed by atoms with Crippen molar-refractivity contribution in [3.05, 3.63) is 0 Å². The van der Waals surface area contributed by atoms with Crippen LogP contribution in [0.5, 0.6) is 0 Å². The van der Waals surface area contributed by atoms with Crippen LogP contribution in [0.15, 0.2) is 0 Å². The normalized spacial score (nSPS) is 7.38. The standard InChI is InChI=1S/AsH3O4.3Tl/c2-1(3,4)5;;;/h(H3,2,3,4,5);;;/q;3*+1/p-3. The Morgan fingerprint density at radius 1 is 0.875 bits per heavy atom. The van der Waals surface area contributed by atoms with Gasteiger partial charge in [-0.25, -0.2) is 0 Å². The van der Waals surface area contributed by atoms with Crippen molar-refractivity contribution in [2.75, 3.05) is 0 Å². The summed E-state index contributed by atoms with van der Waals surface area (Å²) in [5, 5.41) is 0. The predicted molar refractivity (Wildman–Crippen MR) is 23.7 cm³/mol. The Balaban J connectivity index is -0.0000000267. The fraction of sp³-hybridized carbons (Fsp3) is 0. The third-order valence-corrected chi connectivity index (χ3v) is 0. The Bertz CT molecular complexity index is 57.4. The van der Waals surface area contributed by atoms with Crippen LogP contribution in [0.4, 0.5) is 0 Å². The van der Waals surface area contributed by atoms with E-state index in [9.17, 15) is 0 Å². The first kappa shape index (κ1) is 22.4. The zero-order valence-corrected chi connectivity index (χ0v) is 19.2. The first-order valence-corrected chi connectivity index (χ1v) is 3.79. The molecule has 38 valence electrons. The van der Waals surface area contributed by atoms with E-state index in [-0.39, 0.29) is 81.9 Å². The molecule has 0 amide bonds. The molecular formula is AsO4Tl3. The molecule has 0 aromatic heterocycles. The van der Waals surface area contributed by atoms with Crippen molar-refractivity contribution in [1.82, 2.24) is 0 Å². The monoisotopic (exact) mass is 754 g/mol. The number of hydrogen-bond donors (Lipinski definition) is 0. The van der Waals surface area contributed by atoms with Crippen molar-refractivity contribution in [2.24, 2.45) is 0 Å². The van der Waals surface area contributed by atoms with E-state index in [1.807, 2.05) is 0 Å². The fourth-order valence-electron chi connectivity index (χ4n) is 0. The van der Waals surface area contributed by atoms with Crippen LogP contribution in [0, 0.1) is 0 Å². The second-order valence-electron chi connectivity index (χ2n) is 0.447. The summed E-state index contributed by atoms with van der Waals surface area (Å²) >= 11 is -5.88. The van der Waals surface area contributed by atoms with Crippen molar-refractivity contribution in [2.45, 2.75) is 0 Å². The summed E-state index contributed by atoms with van der Waals surface area (Å²) in [4.78, 5) is 0. The van der Waals surface area contributed by atoms with Crippen LogP contribution in [0.25, 0.3) is 0 Å². The first-order valence-electron chi connectivity index (χ1n) is 0.730. The Labute approximate surface area is 110 Å². The molecule has 0 fully saturated rings. The van der Waals surface area contributed by atoms with E-state index in [2.05, 4.69) is 0 Å². The van der Waals surface area contributed by atoms with E-state index in [1.54, 1.807) is 0 Å². The van der Waals surface area contributed by atoms with Crippen molar-refractivity contribution in [3.63, 3.8) is 0 Å². The third kappa shape index (κ3) is 63.9. The van der Waals surface area contributed by atoms with Crippen LogP contribution >= 0.6 is 0 Å². The van der Waals surface area contributed by atoms with E-state index < -0.39 is 14.5 Å². The molecule has 0 aliphatic rings. The van der Waals surface area contributed by atoms with Gasteiger partial charge in [-0.3, -0.25) is 0 Å². The average Bonchev–Trinajstić information content (AvgIpc) is 0.722. The Morgan fingerprint density at radius 2 is 0.875 bits per heavy atom. The molecule has 4 nitrogen and oxygen atoms in total. The molecule has 0 aromatic rings. The summed E-state index contributed by atoms with van der Waals surface area (Å²) in [5.74, 6) is 0. The molecular weight excluding hydrogens is 752 g/mol. The Kier molecular flexibility index (Phi) is 28.1. The number of hydrogen-bond acceptors (Lipinski definition) is 4. The molecule has 0 aliphatic carbocycles. The maximum absolute atomic E-state index is 8.61. The molecule has 0 saturated heterocycles. The van der Waals surface area contributed by atoms with Crippen molar-refractivity contribution in [3.8, 4) is 0 Å². The molecule has 0 aliphatic heterocycles. The van der Waals surface area contributed by atoms with Gasteiger partial charge in [0.2, 0.25) is 0 Å². The van der Waals surface area contributed by atoms with Gasteiger partial charge in [-0.05, 0) is 0 Å². The van der Waals surface area contributed by atoms with Crippen molar-refractivity contribution < 1.29 is 16.0 Å². The quantitative estimate of drug-likeness (QED) is 0.232. The maximum atomic E-state index is 8.61. The van der Waals surface area contributed by atoms with Crippen LogP contribution in [-0.4, -0.2) is 96.4 Å². The van der Waals surface area contributed by atoms with Crippen LogP contribution in [0.2, 0.25) is 0 Å². The smallest absolute Gasteiger partial charge is 1.00 e. The molecule has 0 N–H and O–H groups in total. The molecule has 0 aromatic carbocycles. The SMILES string of the molecule is O=[As]([O-])([O-])[O-].[Tl+].[Tl+].[Tl+]. The van der Waals surface area contributed by atoms with E-state index >= 15 is 0 Å². The van der Waals surface area contributed by atoms with E-state index in [1.165, 1.54) is 0 Å². The van der Waals surface area contributed by atoms with Gasteiger partial charge in [-0.15, -0.1) is 0 Å². The van der Waals surface area contributed by atoms with Gasteiger partial charge in [-0.1, -0.05) is 0 Å². The molecule has 0 unspecified atom stereocenters. The second kappa shape index (κ2) is 10.0. The molecule has 0 heterocycles. The summed E-state index contributed by atoms with van der Waals surface area (Å²) in [6, 6.07) is 0.